The van der Waals surface area contributed by atoms with Crippen LogP contribution >= 0.6 is 11.8 Å². The number of thioether (sulfide) groups is 1. The van der Waals surface area contributed by atoms with Gasteiger partial charge in [0.05, 0.1) is 12.9 Å². The summed E-state index contributed by atoms with van der Waals surface area (Å²) in [7, 11) is 1.61. The molecule has 1 amide bonds. The molecule has 0 spiro atoms. The number of hydrogen-bond donors (Lipinski definition) is 1. The summed E-state index contributed by atoms with van der Waals surface area (Å²) in [6.45, 7) is 4.92. The summed E-state index contributed by atoms with van der Waals surface area (Å²) in [6.07, 6.45) is 2.56. The summed E-state index contributed by atoms with van der Waals surface area (Å²) < 4.78 is 13.3. The molecule has 0 atom stereocenters. The van der Waals surface area contributed by atoms with Crippen molar-refractivity contribution in [1.82, 2.24) is 20.1 Å². The van der Waals surface area contributed by atoms with Crippen LogP contribution in [0.4, 0.5) is 0 Å². The van der Waals surface area contributed by atoms with Gasteiger partial charge in [-0.05, 0) is 24.1 Å². The topological polar surface area (TPSA) is 82.2 Å². The summed E-state index contributed by atoms with van der Waals surface area (Å²) in [5.74, 6) is 2.02. The number of allylic oxidation sites excluding steroid dienone is 1. The lowest BCUT2D eigenvalue weighted by Gasteiger charge is -2.07. The van der Waals surface area contributed by atoms with E-state index >= 15 is 0 Å². The number of rotatable bonds is 10. The summed E-state index contributed by atoms with van der Waals surface area (Å²) >= 11 is 1.33. The van der Waals surface area contributed by atoms with Gasteiger partial charge in [0.15, 0.2) is 22.2 Å². The lowest BCUT2D eigenvalue weighted by atomic mass is 10.1. The highest BCUT2D eigenvalue weighted by Gasteiger charge is 2.19. The van der Waals surface area contributed by atoms with E-state index in [4.69, 9.17) is 9.15 Å². The number of aromatic nitrogens is 3. The van der Waals surface area contributed by atoms with Gasteiger partial charge in [-0.1, -0.05) is 60.3 Å². The highest BCUT2D eigenvalue weighted by atomic mass is 32.2. The molecule has 0 saturated heterocycles. The van der Waals surface area contributed by atoms with Gasteiger partial charge in [-0.2, -0.15) is 0 Å². The van der Waals surface area contributed by atoms with Crippen molar-refractivity contribution in [3.63, 3.8) is 0 Å². The molecule has 0 radical (unpaired) electrons. The molecule has 2 aromatic heterocycles. The first-order valence-corrected chi connectivity index (χ1v) is 11.2. The van der Waals surface area contributed by atoms with E-state index < -0.39 is 0 Å². The Bertz CT molecular complexity index is 1220. The number of carbonyl (C=O) groups excluding carboxylic acids is 1. The van der Waals surface area contributed by atoms with Crippen LogP contribution in [0.15, 0.2) is 76.8 Å². The molecule has 0 aliphatic rings. The molecule has 0 bridgehead atoms. The minimum Gasteiger partial charge on any atom is -0.493 e. The normalized spacial score (nSPS) is 10.9. The second kappa shape index (κ2) is 10.2. The van der Waals surface area contributed by atoms with Gasteiger partial charge in [-0.25, -0.2) is 0 Å². The van der Waals surface area contributed by atoms with Gasteiger partial charge >= 0.3 is 0 Å². The van der Waals surface area contributed by atoms with E-state index in [1.54, 1.807) is 13.2 Å². The van der Waals surface area contributed by atoms with Crippen LogP contribution in [-0.2, 0) is 17.8 Å². The number of ether oxygens (including phenoxy) is 1. The maximum atomic E-state index is 12.3. The molecule has 0 unspecified atom stereocenters. The summed E-state index contributed by atoms with van der Waals surface area (Å²) in [5, 5.41) is 13.1. The highest BCUT2D eigenvalue weighted by Crippen LogP contribution is 2.33. The number of para-hydroxylation sites is 1. The Morgan fingerprint density at radius 1 is 1.22 bits per heavy atom. The lowest BCUT2D eigenvalue weighted by molar-refractivity contribution is -0.118. The van der Waals surface area contributed by atoms with Crippen LogP contribution in [0.3, 0.4) is 0 Å². The van der Waals surface area contributed by atoms with E-state index in [2.05, 4.69) is 22.1 Å². The highest BCUT2D eigenvalue weighted by molar-refractivity contribution is 7.99. The zero-order valence-corrected chi connectivity index (χ0v) is 18.6. The first kappa shape index (κ1) is 21.7. The number of nitrogens with zero attached hydrogens (tertiary/aromatic N) is 3. The van der Waals surface area contributed by atoms with Crippen molar-refractivity contribution in [3.8, 4) is 17.3 Å². The van der Waals surface area contributed by atoms with Crippen molar-refractivity contribution in [3.05, 3.63) is 72.8 Å². The largest absolute Gasteiger partial charge is 0.493 e. The fourth-order valence-electron chi connectivity index (χ4n) is 3.35. The van der Waals surface area contributed by atoms with Gasteiger partial charge in [0, 0.05) is 18.5 Å². The van der Waals surface area contributed by atoms with Crippen LogP contribution in [0.2, 0.25) is 0 Å². The van der Waals surface area contributed by atoms with Crippen LogP contribution in [0.5, 0.6) is 5.75 Å². The van der Waals surface area contributed by atoms with Crippen LogP contribution in [0.25, 0.3) is 22.6 Å². The van der Waals surface area contributed by atoms with E-state index in [1.807, 2.05) is 59.2 Å². The minimum absolute atomic E-state index is 0.0471. The van der Waals surface area contributed by atoms with Crippen molar-refractivity contribution in [2.24, 2.45) is 0 Å². The quantitative estimate of drug-likeness (QED) is 0.287. The Labute approximate surface area is 190 Å². The third-order valence-electron chi connectivity index (χ3n) is 4.89. The Kier molecular flexibility index (Phi) is 6.91. The van der Waals surface area contributed by atoms with Gasteiger partial charge < -0.3 is 14.5 Å². The smallest absolute Gasteiger partial charge is 0.230 e. The van der Waals surface area contributed by atoms with Gasteiger partial charge in [0.1, 0.15) is 0 Å². The predicted octanol–water partition coefficient (Wildman–Crippen LogP) is 4.34. The van der Waals surface area contributed by atoms with Crippen molar-refractivity contribution in [2.45, 2.75) is 18.1 Å². The summed E-state index contributed by atoms with van der Waals surface area (Å²) in [6, 6.07) is 17.7. The number of furan rings is 1. The van der Waals surface area contributed by atoms with Crippen LogP contribution in [0.1, 0.15) is 5.56 Å². The molecule has 7 nitrogen and oxygen atoms in total. The zero-order chi connectivity index (χ0) is 22.3. The molecular weight excluding hydrogens is 424 g/mol. The van der Waals surface area contributed by atoms with Crippen molar-refractivity contribution >= 4 is 28.6 Å². The molecule has 4 rings (SSSR count). The number of methoxy groups -OCH3 is 1. The Morgan fingerprint density at radius 3 is 2.84 bits per heavy atom. The number of nitrogens with one attached hydrogen (secondary N) is 1. The fourth-order valence-corrected chi connectivity index (χ4v) is 4.13. The first-order chi connectivity index (χ1) is 15.7. The molecule has 164 valence electrons. The van der Waals surface area contributed by atoms with E-state index in [0.717, 1.165) is 11.8 Å². The molecule has 0 fully saturated rings. The standard InChI is InChI=1S/C24H24N4O3S/c1-3-14-28-23(20-15-18-10-7-11-19(30-2)22(18)31-20)26-27-24(28)32-16-21(29)25-13-12-17-8-5-4-6-9-17/h3-11,15H,1,12-14,16H2,2H3,(H,25,29). The van der Waals surface area contributed by atoms with Crippen molar-refractivity contribution in [2.75, 3.05) is 19.4 Å². The lowest BCUT2D eigenvalue weighted by Crippen LogP contribution is -2.27. The maximum absolute atomic E-state index is 12.3. The third kappa shape index (κ3) is 4.86. The molecule has 8 heteroatoms. The van der Waals surface area contributed by atoms with Crippen LogP contribution in [0, 0.1) is 0 Å². The molecule has 0 saturated carbocycles. The first-order valence-electron chi connectivity index (χ1n) is 10.2. The maximum Gasteiger partial charge on any atom is 0.230 e. The number of carbonyl (C=O) groups is 1. The van der Waals surface area contributed by atoms with Crippen molar-refractivity contribution in [1.29, 1.82) is 0 Å². The number of hydrogen-bond acceptors (Lipinski definition) is 6. The second-order valence-electron chi connectivity index (χ2n) is 7.07. The zero-order valence-electron chi connectivity index (χ0n) is 17.8. The van der Waals surface area contributed by atoms with E-state index in [1.165, 1.54) is 17.3 Å². The van der Waals surface area contributed by atoms with Gasteiger partial charge in [0.25, 0.3) is 0 Å². The second-order valence-corrected chi connectivity index (χ2v) is 8.01. The van der Waals surface area contributed by atoms with E-state index in [0.29, 0.717) is 41.2 Å². The SMILES string of the molecule is C=CCn1c(SCC(=O)NCCc2ccccc2)nnc1-c1cc2cccc(OC)c2o1. The predicted molar refractivity (Wildman–Crippen MR) is 126 cm³/mol. The van der Waals surface area contributed by atoms with Gasteiger partial charge in [-0.15, -0.1) is 16.8 Å². The molecule has 0 aliphatic heterocycles. The van der Waals surface area contributed by atoms with Crippen molar-refractivity contribution < 1.29 is 13.9 Å². The molecule has 1 N–H and O–H groups in total. The Hall–Kier alpha value is -3.52. The molecule has 2 heterocycles. The average Bonchev–Trinajstić information content (AvgIpc) is 3.42. The summed E-state index contributed by atoms with van der Waals surface area (Å²) in [4.78, 5) is 12.3. The minimum atomic E-state index is -0.0471. The molecule has 0 aliphatic carbocycles. The fraction of sp³-hybridized carbons (Fsp3) is 0.208. The van der Waals surface area contributed by atoms with Gasteiger partial charge in [-0.3, -0.25) is 9.36 Å². The monoisotopic (exact) mass is 448 g/mol. The van der Waals surface area contributed by atoms with Gasteiger partial charge in [0.2, 0.25) is 11.7 Å². The molecule has 4 aromatic rings. The Morgan fingerprint density at radius 2 is 2.06 bits per heavy atom. The molecule has 32 heavy (non-hydrogen) atoms. The van der Waals surface area contributed by atoms with Crippen LogP contribution in [-0.4, -0.2) is 40.1 Å². The third-order valence-corrected chi connectivity index (χ3v) is 5.85. The number of fused-ring (bicyclic) bond motifs is 1. The van der Waals surface area contributed by atoms with E-state index in [9.17, 15) is 4.79 Å². The van der Waals surface area contributed by atoms with Crippen LogP contribution < -0.4 is 10.1 Å². The number of amides is 1. The number of benzene rings is 2. The Balaban J connectivity index is 1.44. The molecule has 2 aromatic carbocycles. The average molecular weight is 449 g/mol. The summed E-state index contributed by atoms with van der Waals surface area (Å²) in [5.41, 5.74) is 1.85. The molecular formula is C24H24N4O3S. The van der Waals surface area contributed by atoms with E-state index in [-0.39, 0.29) is 11.7 Å².